The van der Waals surface area contributed by atoms with Crippen LogP contribution in [-0.4, -0.2) is 11.8 Å². The zero-order valence-corrected chi connectivity index (χ0v) is 8.63. The molecule has 1 N–H and O–H groups in total. The minimum Gasteiger partial charge on any atom is -0.381 e. The van der Waals surface area contributed by atoms with Crippen LogP contribution >= 0.6 is 0 Å². The van der Waals surface area contributed by atoms with Gasteiger partial charge in [0.1, 0.15) is 0 Å². The number of Topliss-reactive ketones (excluding diaryl/α,β-unsaturated/α-hetero) is 1. The summed E-state index contributed by atoms with van der Waals surface area (Å²) in [4.78, 5) is 11.8. The van der Waals surface area contributed by atoms with E-state index >= 15 is 0 Å². The number of carbonyl (C=O) groups excluding carboxylic acids is 1. The van der Waals surface area contributed by atoms with Crippen LogP contribution < -0.4 is 5.32 Å². The van der Waals surface area contributed by atoms with Crippen LogP contribution in [0.3, 0.4) is 0 Å². The molecule has 2 rings (SSSR count). The average molecular weight is 189 g/mol. The van der Waals surface area contributed by atoms with E-state index in [9.17, 15) is 4.79 Å². The van der Waals surface area contributed by atoms with Crippen LogP contribution in [0.25, 0.3) is 0 Å². The molecule has 2 heteroatoms. The Morgan fingerprint density at radius 3 is 3.00 bits per heavy atom. The van der Waals surface area contributed by atoms with Gasteiger partial charge in [0.2, 0.25) is 0 Å². The molecule has 1 aromatic rings. The summed E-state index contributed by atoms with van der Waals surface area (Å²) >= 11 is 0. The van der Waals surface area contributed by atoms with Crippen molar-refractivity contribution in [1.29, 1.82) is 0 Å². The molecule has 14 heavy (non-hydrogen) atoms. The van der Waals surface area contributed by atoms with E-state index in [-0.39, 0.29) is 5.78 Å². The van der Waals surface area contributed by atoms with Gasteiger partial charge in [0.05, 0.1) is 0 Å². The number of hydrogen-bond acceptors (Lipinski definition) is 2. The molecule has 0 saturated carbocycles. The van der Waals surface area contributed by atoms with E-state index in [1.165, 1.54) is 0 Å². The van der Waals surface area contributed by atoms with Gasteiger partial charge in [0.15, 0.2) is 5.78 Å². The fourth-order valence-electron chi connectivity index (χ4n) is 1.87. The zero-order chi connectivity index (χ0) is 10.1. The smallest absolute Gasteiger partial charge is 0.167 e. The number of carbonyl (C=O) groups is 1. The molecule has 74 valence electrons. The number of anilines is 1. The lowest BCUT2D eigenvalue weighted by molar-refractivity contribution is 0.0972. The van der Waals surface area contributed by atoms with Gasteiger partial charge in [-0.2, -0.15) is 0 Å². The lowest BCUT2D eigenvalue weighted by Crippen LogP contribution is -2.28. The Bertz CT molecular complexity index is 371. The second-order valence-corrected chi connectivity index (χ2v) is 3.93. The second kappa shape index (κ2) is 3.45. The number of aryl methyl sites for hydroxylation is 1. The Balaban J connectivity index is 2.40. The van der Waals surface area contributed by atoms with E-state index in [0.717, 1.165) is 23.2 Å². The summed E-state index contributed by atoms with van der Waals surface area (Å²) in [6.45, 7) is 4.11. The van der Waals surface area contributed by atoms with E-state index < -0.39 is 0 Å². The molecule has 1 aliphatic heterocycles. The highest BCUT2D eigenvalue weighted by atomic mass is 16.1. The highest BCUT2D eigenvalue weighted by Crippen LogP contribution is 2.26. The van der Waals surface area contributed by atoms with Crippen LogP contribution in [0.15, 0.2) is 18.2 Å². The summed E-state index contributed by atoms with van der Waals surface area (Å²) in [6, 6.07) is 6.33. The summed E-state index contributed by atoms with van der Waals surface area (Å²) in [5, 5.41) is 3.38. The van der Waals surface area contributed by atoms with Gasteiger partial charge in [0.25, 0.3) is 0 Å². The number of fused-ring (bicyclic) bond motifs is 1. The number of benzene rings is 1. The van der Waals surface area contributed by atoms with Crippen molar-refractivity contribution in [3.8, 4) is 0 Å². The Hall–Kier alpha value is -1.31. The Morgan fingerprint density at radius 1 is 1.50 bits per heavy atom. The number of nitrogens with one attached hydrogen (secondary N) is 1. The molecule has 1 aromatic carbocycles. The van der Waals surface area contributed by atoms with Gasteiger partial charge in [-0.25, -0.2) is 0 Å². The first-order chi connectivity index (χ1) is 6.70. The first-order valence-corrected chi connectivity index (χ1v) is 5.11. The van der Waals surface area contributed by atoms with Crippen LogP contribution in [0.5, 0.6) is 0 Å². The van der Waals surface area contributed by atoms with Crippen LogP contribution in [-0.2, 0) is 0 Å². The van der Waals surface area contributed by atoms with E-state index in [1.807, 2.05) is 25.1 Å². The molecule has 2 nitrogen and oxygen atoms in total. The molecule has 0 aliphatic carbocycles. The lowest BCUT2D eigenvalue weighted by atomic mass is 9.94. The largest absolute Gasteiger partial charge is 0.381 e. The standard InChI is InChI=1S/C12H15NO/c1-3-9-7-12(14)10-6-8(2)4-5-11(10)13-9/h4-6,9,13H,3,7H2,1-2H3/t9-/m1/s1. The third kappa shape index (κ3) is 1.52. The molecule has 0 saturated heterocycles. The Morgan fingerprint density at radius 2 is 2.29 bits per heavy atom. The van der Waals surface area contributed by atoms with Crippen LogP contribution in [0.1, 0.15) is 35.7 Å². The Kier molecular flexibility index (Phi) is 2.28. The predicted molar refractivity (Wildman–Crippen MR) is 57.8 cm³/mol. The highest BCUT2D eigenvalue weighted by Gasteiger charge is 2.22. The van der Waals surface area contributed by atoms with Gasteiger partial charge in [-0.3, -0.25) is 4.79 Å². The fourth-order valence-corrected chi connectivity index (χ4v) is 1.87. The third-order valence-electron chi connectivity index (χ3n) is 2.76. The highest BCUT2D eigenvalue weighted by molar-refractivity contribution is 6.03. The normalized spacial score (nSPS) is 20.1. The topological polar surface area (TPSA) is 29.1 Å². The molecular formula is C12H15NO. The summed E-state index contributed by atoms with van der Waals surface area (Å²) in [6.07, 6.45) is 1.63. The van der Waals surface area contributed by atoms with Crippen molar-refractivity contribution in [2.24, 2.45) is 0 Å². The molecule has 0 amide bonds. The lowest BCUT2D eigenvalue weighted by Gasteiger charge is -2.25. The van der Waals surface area contributed by atoms with Gasteiger partial charge in [0, 0.05) is 23.7 Å². The van der Waals surface area contributed by atoms with Crippen molar-refractivity contribution in [3.63, 3.8) is 0 Å². The summed E-state index contributed by atoms with van der Waals surface area (Å²) in [7, 11) is 0. The van der Waals surface area contributed by atoms with Crippen LogP contribution in [0, 0.1) is 6.92 Å². The molecule has 1 aliphatic rings. The van der Waals surface area contributed by atoms with Crippen molar-refractivity contribution in [3.05, 3.63) is 29.3 Å². The molecule has 0 radical (unpaired) electrons. The molecule has 0 bridgehead atoms. The van der Waals surface area contributed by atoms with Gasteiger partial charge < -0.3 is 5.32 Å². The summed E-state index contributed by atoms with van der Waals surface area (Å²) < 4.78 is 0. The first-order valence-electron chi connectivity index (χ1n) is 5.11. The maximum absolute atomic E-state index is 11.8. The van der Waals surface area contributed by atoms with E-state index in [0.29, 0.717) is 12.5 Å². The van der Waals surface area contributed by atoms with E-state index in [2.05, 4.69) is 12.2 Å². The first kappa shape index (κ1) is 9.25. The molecule has 0 aromatic heterocycles. The van der Waals surface area contributed by atoms with Gasteiger partial charge in [-0.15, -0.1) is 0 Å². The minimum atomic E-state index is 0.273. The molecule has 0 fully saturated rings. The van der Waals surface area contributed by atoms with E-state index in [4.69, 9.17) is 0 Å². The third-order valence-corrected chi connectivity index (χ3v) is 2.76. The van der Waals surface area contributed by atoms with Crippen LogP contribution in [0.4, 0.5) is 5.69 Å². The SMILES string of the molecule is CC[C@@H]1CC(=O)c2cc(C)ccc2N1. The average Bonchev–Trinajstić information content (AvgIpc) is 2.19. The van der Waals surface area contributed by atoms with Crippen molar-refractivity contribution >= 4 is 11.5 Å². The van der Waals surface area contributed by atoms with Crippen LogP contribution in [0.2, 0.25) is 0 Å². The molecule has 0 spiro atoms. The van der Waals surface area contributed by atoms with Crippen molar-refractivity contribution < 1.29 is 4.79 Å². The number of rotatable bonds is 1. The number of ketones is 1. The minimum absolute atomic E-state index is 0.273. The fraction of sp³-hybridized carbons (Fsp3) is 0.417. The molecule has 1 atom stereocenters. The predicted octanol–water partition coefficient (Wildman–Crippen LogP) is 2.77. The van der Waals surface area contributed by atoms with E-state index in [1.54, 1.807) is 0 Å². The number of hydrogen-bond donors (Lipinski definition) is 1. The summed E-state index contributed by atoms with van der Waals surface area (Å²) in [5.41, 5.74) is 3.00. The van der Waals surface area contributed by atoms with Crippen molar-refractivity contribution in [2.45, 2.75) is 32.7 Å². The van der Waals surface area contributed by atoms with Gasteiger partial charge in [-0.05, 0) is 25.5 Å². The Labute approximate surface area is 84.3 Å². The maximum Gasteiger partial charge on any atom is 0.167 e. The maximum atomic E-state index is 11.8. The summed E-state index contributed by atoms with van der Waals surface area (Å²) in [5.74, 6) is 0.273. The van der Waals surface area contributed by atoms with Crippen molar-refractivity contribution in [2.75, 3.05) is 5.32 Å². The molecule has 0 unspecified atom stereocenters. The molecule has 1 heterocycles. The van der Waals surface area contributed by atoms with Gasteiger partial charge in [-0.1, -0.05) is 18.6 Å². The second-order valence-electron chi connectivity index (χ2n) is 3.93. The monoisotopic (exact) mass is 189 g/mol. The van der Waals surface area contributed by atoms with Crippen molar-refractivity contribution in [1.82, 2.24) is 0 Å². The van der Waals surface area contributed by atoms with Gasteiger partial charge >= 0.3 is 0 Å². The zero-order valence-electron chi connectivity index (χ0n) is 8.63. The quantitative estimate of drug-likeness (QED) is 0.736. The molecular weight excluding hydrogens is 174 g/mol.